The van der Waals surface area contributed by atoms with Gasteiger partial charge < -0.3 is 89.9 Å². The average Bonchev–Trinajstić information content (AvgIpc) is 0.780. The van der Waals surface area contributed by atoms with E-state index in [-0.39, 0.29) is 18.9 Å². The van der Waals surface area contributed by atoms with Crippen LogP contribution in [0.15, 0.2) is 109 Å². The summed E-state index contributed by atoms with van der Waals surface area (Å²) in [4.78, 5) is 13.5. The van der Waals surface area contributed by atoms with Crippen LogP contribution in [0.2, 0.25) is 0 Å². The molecule has 0 aliphatic carbocycles. The standard InChI is InChI=1S/C91H159NO18/c1-3-5-7-9-11-13-15-17-19-21-23-25-27-29-31-32-33-34-35-36-37-38-39-40-41-42-43-45-47-49-51-53-55-57-59-61-63-65-67-69-79(97)92-74(75(96)68-66-64-62-60-58-56-54-52-50-48-46-44-30-28-26-24-22-20-18-16-14-12-10-8-6-4-2)73-105-89-85(103)82(100)87(77(71-94)107-89)110-91-86(104)83(101)88(78(72-95)108-91)109-90-84(102)81(99)80(98)76(70-93)106-90/h5,7,11,13,17,19,23,25,29,31,33-34,50,52,58,60,66,68,74-78,80-91,93-96,98-104H,3-4,6,8-10,12,14-16,18,20-22,24,26-28,30,32,35-49,51,53-57,59,61-65,67,69-73H2,1-2H3,(H,92,97)/b7-5-,13-11-,19-17-,25-23-,31-29-,34-33-,52-50+,60-58+,68-66+. The van der Waals surface area contributed by atoms with Gasteiger partial charge in [-0.1, -0.05) is 335 Å². The number of nitrogens with one attached hydrogen (secondary N) is 1. The lowest BCUT2D eigenvalue weighted by molar-refractivity contribution is -0.379. The summed E-state index contributed by atoms with van der Waals surface area (Å²) >= 11 is 0. The van der Waals surface area contributed by atoms with Gasteiger partial charge in [-0.25, -0.2) is 0 Å². The maximum Gasteiger partial charge on any atom is 0.220 e. The molecule has 0 saturated carbocycles. The zero-order chi connectivity index (χ0) is 79.5. The number of rotatable bonds is 70. The molecule has 1 amide bonds. The lowest BCUT2D eigenvalue weighted by atomic mass is 9.96. The van der Waals surface area contributed by atoms with Gasteiger partial charge in [0.15, 0.2) is 18.9 Å². The van der Waals surface area contributed by atoms with Crippen LogP contribution < -0.4 is 5.32 Å². The average molecular weight is 1560 g/mol. The second kappa shape index (κ2) is 69.7. The van der Waals surface area contributed by atoms with Crippen molar-refractivity contribution >= 4 is 5.91 Å². The van der Waals surface area contributed by atoms with E-state index >= 15 is 0 Å². The fraction of sp³-hybridized carbons (Fsp3) is 0.791. The minimum atomic E-state index is -1.99. The van der Waals surface area contributed by atoms with Crippen LogP contribution in [0.1, 0.15) is 328 Å². The summed E-state index contributed by atoms with van der Waals surface area (Å²) in [5, 5.41) is 121. The van der Waals surface area contributed by atoms with Crippen LogP contribution in [-0.4, -0.2) is 193 Å². The van der Waals surface area contributed by atoms with Crippen LogP contribution >= 0.6 is 0 Å². The Morgan fingerprint density at radius 3 is 1.02 bits per heavy atom. The van der Waals surface area contributed by atoms with Crippen LogP contribution in [-0.2, 0) is 33.2 Å². The Labute approximate surface area is 665 Å². The SMILES string of the molecule is CC/C=C\C/C=C\C/C=C\C/C=C\C/C=C\C/C=C\CCCCCCCCCCCCCCCCCCCCCCC(=O)NC(COC1OC(CO)C(OC2OC(CO)C(OC3OC(CO)C(O)C(O)C3O)C(O)C2O)C(O)C1O)C(O)/C=C/CC/C=C/CC/C=C/CCCCCCCCCCCCCCCCCC. The topological polar surface area (TPSA) is 307 Å². The second-order valence-electron chi connectivity index (χ2n) is 31.0. The molecule has 636 valence electrons. The molecule has 0 spiro atoms. The molecule has 3 saturated heterocycles. The molecular weight excluding hydrogens is 1390 g/mol. The second-order valence-corrected chi connectivity index (χ2v) is 31.0. The van der Waals surface area contributed by atoms with Crippen molar-refractivity contribution < 1.29 is 89.4 Å². The first-order valence-electron chi connectivity index (χ1n) is 44.1. The van der Waals surface area contributed by atoms with E-state index < -0.39 is 124 Å². The van der Waals surface area contributed by atoms with Gasteiger partial charge in [-0.2, -0.15) is 0 Å². The molecule has 19 nitrogen and oxygen atoms in total. The fourth-order valence-corrected chi connectivity index (χ4v) is 14.3. The summed E-state index contributed by atoms with van der Waals surface area (Å²) in [5.74, 6) is -0.287. The van der Waals surface area contributed by atoms with Crippen molar-refractivity contribution in [2.75, 3.05) is 26.4 Å². The number of carbonyl (C=O) groups excluding carboxylic acids is 1. The fourth-order valence-electron chi connectivity index (χ4n) is 14.3. The Kier molecular flexibility index (Phi) is 63.8. The van der Waals surface area contributed by atoms with Crippen molar-refractivity contribution in [2.45, 2.75) is 433 Å². The summed E-state index contributed by atoms with van der Waals surface area (Å²) in [6, 6.07) is -1.00. The zero-order valence-corrected chi connectivity index (χ0v) is 68.5. The number of aliphatic hydroxyl groups excluding tert-OH is 11. The molecule has 12 N–H and O–H groups in total. The van der Waals surface area contributed by atoms with Crippen molar-refractivity contribution in [2.24, 2.45) is 0 Å². The highest BCUT2D eigenvalue weighted by atomic mass is 16.8. The molecule has 0 bridgehead atoms. The Morgan fingerprint density at radius 2 is 0.636 bits per heavy atom. The number of ether oxygens (including phenoxy) is 6. The predicted molar refractivity (Wildman–Crippen MR) is 443 cm³/mol. The summed E-state index contributed by atoms with van der Waals surface area (Å²) < 4.78 is 34.5. The Hall–Kier alpha value is -3.55. The molecule has 110 heavy (non-hydrogen) atoms. The summed E-state index contributed by atoms with van der Waals surface area (Å²) in [7, 11) is 0. The maximum atomic E-state index is 13.5. The van der Waals surface area contributed by atoms with Crippen LogP contribution in [0.25, 0.3) is 0 Å². The molecule has 0 aromatic carbocycles. The minimum absolute atomic E-state index is 0.230. The molecule has 3 aliphatic heterocycles. The van der Waals surface area contributed by atoms with E-state index in [1.54, 1.807) is 6.08 Å². The number of amides is 1. The van der Waals surface area contributed by atoms with Gasteiger partial charge in [0.1, 0.15) is 73.2 Å². The molecule has 3 rings (SSSR count). The van der Waals surface area contributed by atoms with Crippen molar-refractivity contribution in [3.05, 3.63) is 109 Å². The Morgan fingerprint density at radius 1 is 0.336 bits per heavy atom. The Balaban J connectivity index is 1.33. The lowest BCUT2D eigenvalue weighted by Crippen LogP contribution is -2.66. The predicted octanol–water partition coefficient (Wildman–Crippen LogP) is 16.5. The number of hydrogen-bond donors (Lipinski definition) is 12. The normalized spacial score (nSPS) is 25.7. The quantitative estimate of drug-likeness (QED) is 0.0199. The van der Waals surface area contributed by atoms with Crippen LogP contribution in [0.3, 0.4) is 0 Å². The third-order valence-electron chi connectivity index (χ3n) is 21.3. The van der Waals surface area contributed by atoms with Gasteiger partial charge in [0.25, 0.3) is 0 Å². The highest BCUT2D eigenvalue weighted by Gasteiger charge is 2.54. The van der Waals surface area contributed by atoms with Crippen LogP contribution in [0.5, 0.6) is 0 Å². The van der Waals surface area contributed by atoms with E-state index in [4.69, 9.17) is 28.4 Å². The van der Waals surface area contributed by atoms with E-state index in [0.29, 0.717) is 12.8 Å². The number of aliphatic hydroxyl groups is 11. The largest absolute Gasteiger partial charge is 0.394 e. The molecule has 0 aromatic rings. The van der Waals surface area contributed by atoms with Crippen molar-refractivity contribution in [1.29, 1.82) is 0 Å². The molecular formula is C91H159NO18. The number of unbranched alkanes of at least 4 members (excludes halogenated alkanes) is 38. The molecule has 3 heterocycles. The van der Waals surface area contributed by atoms with Gasteiger partial charge in [-0.15, -0.1) is 0 Å². The number of carbonyl (C=O) groups is 1. The summed E-state index contributed by atoms with van der Waals surface area (Å²) in [6.45, 7) is 1.63. The van der Waals surface area contributed by atoms with Gasteiger partial charge in [0.2, 0.25) is 5.91 Å². The number of hydrogen-bond acceptors (Lipinski definition) is 18. The highest BCUT2D eigenvalue weighted by Crippen LogP contribution is 2.33. The minimum Gasteiger partial charge on any atom is -0.394 e. The first-order valence-corrected chi connectivity index (χ1v) is 44.1. The monoisotopic (exact) mass is 1550 g/mol. The third-order valence-corrected chi connectivity index (χ3v) is 21.3. The summed E-state index contributed by atoms with van der Waals surface area (Å²) in [5.41, 5.74) is 0. The highest BCUT2D eigenvalue weighted by molar-refractivity contribution is 5.76. The molecule has 0 radical (unpaired) electrons. The van der Waals surface area contributed by atoms with E-state index in [1.165, 1.54) is 212 Å². The van der Waals surface area contributed by atoms with Gasteiger partial charge in [-0.05, 0) is 96.3 Å². The van der Waals surface area contributed by atoms with Gasteiger partial charge in [-0.3, -0.25) is 4.79 Å². The van der Waals surface area contributed by atoms with E-state index in [2.05, 4.69) is 116 Å². The summed E-state index contributed by atoms with van der Waals surface area (Å²) in [6.07, 6.45) is 70.9. The first kappa shape index (κ1) is 101. The molecule has 17 atom stereocenters. The van der Waals surface area contributed by atoms with Crippen LogP contribution in [0.4, 0.5) is 0 Å². The van der Waals surface area contributed by atoms with Gasteiger partial charge >= 0.3 is 0 Å². The maximum absolute atomic E-state index is 13.5. The zero-order valence-electron chi connectivity index (χ0n) is 68.5. The van der Waals surface area contributed by atoms with Crippen molar-refractivity contribution in [1.82, 2.24) is 5.32 Å². The van der Waals surface area contributed by atoms with E-state index in [9.17, 15) is 61.0 Å². The number of allylic oxidation sites excluding steroid dienone is 17. The molecule has 0 aromatic heterocycles. The smallest absolute Gasteiger partial charge is 0.220 e. The molecule has 19 heteroatoms. The third kappa shape index (κ3) is 48.1. The molecule has 3 aliphatic rings. The van der Waals surface area contributed by atoms with E-state index in [1.807, 2.05) is 6.08 Å². The van der Waals surface area contributed by atoms with E-state index in [0.717, 1.165) is 83.5 Å². The molecule has 17 unspecified atom stereocenters. The lowest BCUT2D eigenvalue weighted by Gasteiger charge is -2.48. The first-order chi connectivity index (χ1) is 53.8. The van der Waals surface area contributed by atoms with Gasteiger partial charge in [0, 0.05) is 6.42 Å². The molecule has 3 fully saturated rings. The Bertz CT molecular complexity index is 2410. The van der Waals surface area contributed by atoms with Gasteiger partial charge in [0.05, 0.1) is 38.6 Å². The van der Waals surface area contributed by atoms with Crippen LogP contribution in [0, 0.1) is 0 Å². The van der Waals surface area contributed by atoms with Crippen molar-refractivity contribution in [3.63, 3.8) is 0 Å². The van der Waals surface area contributed by atoms with Crippen molar-refractivity contribution in [3.8, 4) is 0 Å².